The molecule has 1 aromatic carbocycles. The Morgan fingerprint density at radius 1 is 1.22 bits per heavy atom. The number of hydrogen-bond acceptors (Lipinski definition) is 6. The quantitative estimate of drug-likeness (QED) is 0.576. The van der Waals surface area contributed by atoms with Crippen LogP contribution in [-0.4, -0.2) is 49.8 Å². The number of imide groups is 1. The standard InChI is InChI=1S/C19H18N2O5S/c1-12-16(9-13-3-5-15(26-2)6-4-13)18(22)21(19(23)17(12)10-20)14-7-8-27(24,25)11-14/h3-6,9,14H,7-8,11H2,1-2H3/b16-9-/t14-/m0/s1. The second kappa shape index (κ2) is 7.00. The maximum absolute atomic E-state index is 13.0. The van der Waals surface area contributed by atoms with Crippen molar-refractivity contribution in [3.63, 3.8) is 0 Å². The van der Waals surface area contributed by atoms with E-state index in [9.17, 15) is 23.3 Å². The Morgan fingerprint density at radius 2 is 1.89 bits per heavy atom. The molecule has 0 aromatic heterocycles. The number of methoxy groups -OCH3 is 1. The van der Waals surface area contributed by atoms with Gasteiger partial charge in [0, 0.05) is 5.57 Å². The van der Waals surface area contributed by atoms with Crippen molar-refractivity contribution in [3.8, 4) is 11.8 Å². The minimum atomic E-state index is -3.29. The van der Waals surface area contributed by atoms with Gasteiger partial charge in [-0.1, -0.05) is 12.1 Å². The lowest BCUT2D eigenvalue weighted by Gasteiger charge is -2.31. The van der Waals surface area contributed by atoms with E-state index in [1.54, 1.807) is 44.4 Å². The second-order valence-electron chi connectivity index (χ2n) is 6.48. The molecule has 1 saturated heterocycles. The molecule has 2 amide bonds. The summed E-state index contributed by atoms with van der Waals surface area (Å²) in [5, 5.41) is 9.40. The van der Waals surface area contributed by atoms with Crippen molar-refractivity contribution in [1.82, 2.24) is 4.90 Å². The highest BCUT2D eigenvalue weighted by Gasteiger charge is 2.43. The maximum atomic E-state index is 13.0. The number of sulfone groups is 1. The largest absolute Gasteiger partial charge is 0.497 e. The van der Waals surface area contributed by atoms with E-state index in [-0.39, 0.29) is 29.1 Å². The minimum Gasteiger partial charge on any atom is -0.497 e. The molecular formula is C19H18N2O5S. The number of ether oxygens (including phenoxy) is 1. The van der Waals surface area contributed by atoms with Gasteiger partial charge < -0.3 is 4.74 Å². The molecule has 1 aromatic rings. The van der Waals surface area contributed by atoms with Crippen molar-refractivity contribution >= 4 is 27.7 Å². The van der Waals surface area contributed by atoms with Crippen molar-refractivity contribution < 1.29 is 22.7 Å². The van der Waals surface area contributed by atoms with Gasteiger partial charge in [0.05, 0.1) is 24.7 Å². The molecule has 7 nitrogen and oxygen atoms in total. The summed E-state index contributed by atoms with van der Waals surface area (Å²) in [4.78, 5) is 26.6. The molecule has 0 saturated carbocycles. The van der Waals surface area contributed by atoms with Crippen molar-refractivity contribution in [3.05, 3.63) is 46.5 Å². The van der Waals surface area contributed by atoms with Gasteiger partial charge in [0.2, 0.25) is 0 Å². The minimum absolute atomic E-state index is 0.0726. The van der Waals surface area contributed by atoms with Crippen LogP contribution in [0, 0.1) is 11.3 Å². The van der Waals surface area contributed by atoms with E-state index < -0.39 is 27.7 Å². The van der Waals surface area contributed by atoms with E-state index >= 15 is 0 Å². The van der Waals surface area contributed by atoms with Crippen LogP contribution in [0.4, 0.5) is 0 Å². The molecule has 27 heavy (non-hydrogen) atoms. The topological polar surface area (TPSA) is 105 Å². The van der Waals surface area contributed by atoms with E-state index in [1.165, 1.54) is 0 Å². The summed E-state index contributed by atoms with van der Waals surface area (Å²) in [6.45, 7) is 1.55. The zero-order valence-electron chi connectivity index (χ0n) is 14.9. The molecule has 0 bridgehead atoms. The van der Waals surface area contributed by atoms with Crippen molar-refractivity contribution in [1.29, 1.82) is 5.26 Å². The number of benzene rings is 1. The van der Waals surface area contributed by atoms with Crippen LogP contribution in [0.5, 0.6) is 5.75 Å². The van der Waals surface area contributed by atoms with E-state index in [4.69, 9.17) is 4.74 Å². The van der Waals surface area contributed by atoms with Crippen LogP contribution < -0.4 is 4.74 Å². The van der Waals surface area contributed by atoms with Crippen LogP contribution in [-0.2, 0) is 19.4 Å². The third-order valence-electron chi connectivity index (χ3n) is 4.77. The van der Waals surface area contributed by atoms with Gasteiger partial charge in [0.15, 0.2) is 9.84 Å². The highest BCUT2D eigenvalue weighted by Crippen LogP contribution is 2.31. The predicted octanol–water partition coefficient (Wildman–Crippen LogP) is 1.47. The lowest BCUT2D eigenvalue weighted by Crippen LogP contribution is -2.49. The average molecular weight is 386 g/mol. The number of carbonyl (C=O) groups is 2. The van der Waals surface area contributed by atoms with Crippen LogP contribution in [0.1, 0.15) is 18.9 Å². The number of nitrogens with zero attached hydrogens (tertiary/aromatic N) is 2. The van der Waals surface area contributed by atoms with E-state index in [2.05, 4.69) is 0 Å². The maximum Gasteiger partial charge on any atom is 0.271 e. The fourth-order valence-electron chi connectivity index (χ4n) is 3.28. The van der Waals surface area contributed by atoms with Gasteiger partial charge >= 0.3 is 0 Å². The van der Waals surface area contributed by atoms with Crippen molar-refractivity contribution in [2.24, 2.45) is 0 Å². The normalized spacial score (nSPS) is 23.7. The summed E-state index contributed by atoms with van der Waals surface area (Å²) in [6.07, 6.45) is 1.78. The van der Waals surface area contributed by atoms with Crippen molar-refractivity contribution in [2.45, 2.75) is 19.4 Å². The highest BCUT2D eigenvalue weighted by molar-refractivity contribution is 7.91. The molecule has 0 radical (unpaired) electrons. The Labute approximate surface area is 157 Å². The van der Waals surface area contributed by atoms with Gasteiger partial charge in [0.1, 0.15) is 17.4 Å². The third-order valence-corrected chi connectivity index (χ3v) is 6.52. The van der Waals surface area contributed by atoms with Crippen LogP contribution in [0.3, 0.4) is 0 Å². The van der Waals surface area contributed by atoms with Gasteiger partial charge in [-0.2, -0.15) is 5.26 Å². The zero-order valence-corrected chi connectivity index (χ0v) is 15.7. The fraction of sp³-hybridized carbons (Fsp3) is 0.316. The first-order chi connectivity index (χ1) is 12.8. The molecule has 0 unspecified atom stereocenters. The third kappa shape index (κ3) is 3.51. The highest BCUT2D eigenvalue weighted by atomic mass is 32.2. The monoisotopic (exact) mass is 386 g/mol. The molecule has 140 valence electrons. The molecular weight excluding hydrogens is 368 g/mol. The molecule has 0 N–H and O–H groups in total. The van der Waals surface area contributed by atoms with Crippen LogP contribution in [0.15, 0.2) is 41.0 Å². The Hall–Kier alpha value is -2.92. The number of rotatable bonds is 3. The number of hydrogen-bond donors (Lipinski definition) is 0. The van der Waals surface area contributed by atoms with Gasteiger partial charge in [-0.15, -0.1) is 0 Å². The summed E-state index contributed by atoms with van der Waals surface area (Å²) in [6, 6.07) is 8.08. The molecule has 0 aliphatic carbocycles. The van der Waals surface area contributed by atoms with E-state index in [1.807, 2.05) is 6.07 Å². The zero-order chi connectivity index (χ0) is 19.8. The molecule has 1 atom stereocenters. The van der Waals surface area contributed by atoms with Gasteiger partial charge in [-0.05, 0) is 42.7 Å². The Kier molecular flexibility index (Phi) is 4.89. The lowest BCUT2D eigenvalue weighted by molar-refractivity contribution is -0.142. The molecule has 1 fully saturated rings. The first-order valence-corrected chi connectivity index (χ1v) is 10.1. The summed E-state index contributed by atoms with van der Waals surface area (Å²) in [5.74, 6) is -0.983. The Morgan fingerprint density at radius 3 is 2.41 bits per heavy atom. The number of carbonyl (C=O) groups excluding carboxylic acids is 2. The SMILES string of the molecule is COc1ccc(/C=C2\C(=O)N([C@H]3CCS(=O)(=O)C3)C(=O)C(C#N)=C2C)cc1. The summed E-state index contributed by atoms with van der Waals surface area (Å²) >= 11 is 0. The molecule has 3 rings (SSSR count). The molecule has 8 heteroatoms. The Balaban J connectivity index is 2.05. The number of nitriles is 1. The van der Waals surface area contributed by atoms with Crippen LogP contribution in [0.2, 0.25) is 0 Å². The average Bonchev–Trinajstić information content (AvgIpc) is 2.99. The summed E-state index contributed by atoms with van der Waals surface area (Å²) in [5.41, 5.74) is 1.06. The Bertz CT molecular complexity index is 1010. The van der Waals surface area contributed by atoms with Crippen LogP contribution >= 0.6 is 0 Å². The molecule has 2 heterocycles. The molecule has 0 spiro atoms. The number of amides is 2. The van der Waals surface area contributed by atoms with E-state index in [0.29, 0.717) is 16.9 Å². The van der Waals surface area contributed by atoms with Gasteiger partial charge in [-0.25, -0.2) is 8.42 Å². The smallest absolute Gasteiger partial charge is 0.271 e. The fourth-order valence-corrected chi connectivity index (χ4v) is 4.98. The van der Waals surface area contributed by atoms with E-state index in [0.717, 1.165) is 4.90 Å². The lowest BCUT2D eigenvalue weighted by atomic mass is 9.92. The molecule has 2 aliphatic rings. The van der Waals surface area contributed by atoms with Gasteiger partial charge in [-0.3, -0.25) is 14.5 Å². The van der Waals surface area contributed by atoms with Crippen molar-refractivity contribution in [2.75, 3.05) is 18.6 Å². The second-order valence-corrected chi connectivity index (χ2v) is 8.71. The predicted molar refractivity (Wildman–Crippen MR) is 98.2 cm³/mol. The first kappa shape index (κ1) is 18.9. The van der Waals surface area contributed by atoms with Gasteiger partial charge in [0.25, 0.3) is 11.8 Å². The summed E-state index contributed by atoms with van der Waals surface area (Å²) in [7, 11) is -1.75. The van der Waals surface area contributed by atoms with Crippen LogP contribution in [0.25, 0.3) is 6.08 Å². The first-order valence-electron chi connectivity index (χ1n) is 8.33. The molecule has 2 aliphatic heterocycles. The summed E-state index contributed by atoms with van der Waals surface area (Å²) < 4.78 is 28.7.